The van der Waals surface area contributed by atoms with Crippen LogP contribution in [0.4, 0.5) is 18.9 Å². The van der Waals surface area contributed by atoms with Crippen LogP contribution >= 0.6 is 11.6 Å². The van der Waals surface area contributed by atoms with E-state index in [9.17, 15) is 22.8 Å². The molecule has 2 amide bonds. The van der Waals surface area contributed by atoms with Gasteiger partial charge in [0.05, 0.1) is 16.8 Å². The molecule has 0 aliphatic heterocycles. The van der Waals surface area contributed by atoms with Crippen LogP contribution in [0.15, 0.2) is 72.8 Å². The lowest BCUT2D eigenvalue weighted by atomic mass is 10.1. The Morgan fingerprint density at radius 1 is 0.971 bits per heavy atom. The van der Waals surface area contributed by atoms with Gasteiger partial charge in [-0.1, -0.05) is 48.0 Å². The summed E-state index contributed by atoms with van der Waals surface area (Å²) in [5.74, 6) is -0.899. The summed E-state index contributed by atoms with van der Waals surface area (Å²) in [5, 5.41) is 2.85. The highest BCUT2D eigenvalue weighted by Gasteiger charge is 2.33. The summed E-state index contributed by atoms with van der Waals surface area (Å²) in [6.45, 7) is 1.61. The Kier molecular flexibility index (Phi) is 8.17. The molecular weight excluding hydrogens is 469 g/mol. The number of anilines is 1. The zero-order valence-corrected chi connectivity index (χ0v) is 19.0. The summed E-state index contributed by atoms with van der Waals surface area (Å²) >= 11 is 5.89. The molecule has 0 unspecified atom stereocenters. The van der Waals surface area contributed by atoms with Crippen molar-refractivity contribution in [3.05, 3.63) is 94.5 Å². The minimum atomic E-state index is -4.62. The standard InChI is InChI=1S/C25H22ClF3N2O3/c1-2-31(15-23(32)30-21-9-5-4-8-20(21)25(27,28)29)24(33)19-7-3-6-10-22(19)34-16-17-11-13-18(26)14-12-17/h3-14H,2,15-16H2,1H3,(H,30,32). The summed E-state index contributed by atoms with van der Waals surface area (Å²) in [6.07, 6.45) is -4.62. The lowest BCUT2D eigenvalue weighted by molar-refractivity contribution is -0.137. The number of alkyl halides is 3. The van der Waals surface area contributed by atoms with E-state index in [1.807, 2.05) is 0 Å². The predicted octanol–water partition coefficient (Wildman–Crippen LogP) is 6.04. The average molecular weight is 491 g/mol. The van der Waals surface area contributed by atoms with Crippen LogP contribution in [0.1, 0.15) is 28.4 Å². The summed E-state index contributed by atoms with van der Waals surface area (Å²) in [5.41, 5.74) is -0.239. The van der Waals surface area contributed by atoms with Crippen LogP contribution in [0.5, 0.6) is 5.75 Å². The number of benzene rings is 3. The minimum Gasteiger partial charge on any atom is -0.488 e. The molecule has 5 nitrogen and oxygen atoms in total. The number of carbonyl (C=O) groups excluding carboxylic acids is 2. The van der Waals surface area contributed by atoms with Crippen LogP contribution in [0.3, 0.4) is 0 Å². The predicted molar refractivity (Wildman–Crippen MR) is 124 cm³/mol. The molecule has 0 fully saturated rings. The van der Waals surface area contributed by atoms with Crippen molar-refractivity contribution in [1.82, 2.24) is 4.90 Å². The van der Waals surface area contributed by atoms with Gasteiger partial charge in [-0.2, -0.15) is 13.2 Å². The molecule has 0 radical (unpaired) electrons. The minimum absolute atomic E-state index is 0.165. The van der Waals surface area contributed by atoms with Crippen molar-refractivity contribution in [3.8, 4) is 5.75 Å². The average Bonchev–Trinajstić information content (AvgIpc) is 2.81. The second-order valence-electron chi connectivity index (χ2n) is 7.32. The Labute approximate surface area is 200 Å². The van der Waals surface area contributed by atoms with Gasteiger partial charge in [0.25, 0.3) is 5.91 Å². The normalized spacial score (nSPS) is 11.1. The van der Waals surface area contributed by atoms with Crippen molar-refractivity contribution >= 4 is 29.1 Å². The maximum Gasteiger partial charge on any atom is 0.418 e. The highest BCUT2D eigenvalue weighted by Crippen LogP contribution is 2.34. The van der Waals surface area contributed by atoms with Crippen LogP contribution in [0.25, 0.3) is 0 Å². The van der Waals surface area contributed by atoms with Crippen molar-refractivity contribution in [2.24, 2.45) is 0 Å². The molecule has 3 aromatic rings. The van der Waals surface area contributed by atoms with Crippen LogP contribution in [0, 0.1) is 0 Å². The van der Waals surface area contributed by atoms with Gasteiger partial charge in [-0.15, -0.1) is 0 Å². The molecule has 0 bridgehead atoms. The van der Waals surface area contributed by atoms with E-state index in [1.165, 1.54) is 23.1 Å². The van der Waals surface area contributed by atoms with Gasteiger partial charge in [0.2, 0.25) is 5.91 Å². The van der Waals surface area contributed by atoms with Crippen LogP contribution in [-0.2, 0) is 17.6 Å². The second kappa shape index (κ2) is 11.1. The fourth-order valence-corrected chi connectivity index (χ4v) is 3.34. The van der Waals surface area contributed by atoms with Gasteiger partial charge >= 0.3 is 6.18 Å². The molecule has 0 aliphatic rings. The molecule has 1 N–H and O–H groups in total. The number of halogens is 4. The first-order chi connectivity index (χ1) is 16.2. The van der Waals surface area contributed by atoms with Crippen molar-refractivity contribution in [3.63, 3.8) is 0 Å². The van der Waals surface area contributed by atoms with Crippen LogP contribution in [0.2, 0.25) is 5.02 Å². The number of nitrogens with one attached hydrogen (secondary N) is 1. The summed E-state index contributed by atoms with van der Waals surface area (Å²) in [4.78, 5) is 26.9. The molecule has 0 saturated heterocycles. The molecule has 3 rings (SSSR count). The molecule has 0 spiro atoms. The third-order valence-corrected chi connectivity index (χ3v) is 5.19. The number of para-hydroxylation sites is 2. The van der Waals surface area contributed by atoms with E-state index in [4.69, 9.17) is 16.3 Å². The first-order valence-corrected chi connectivity index (χ1v) is 10.8. The van der Waals surface area contributed by atoms with E-state index >= 15 is 0 Å². The van der Waals surface area contributed by atoms with Crippen LogP contribution < -0.4 is 10.1 Å². The van der Waals surface area contributed by atoms with Gasteiger partial charge in [0.1, 0.15) is 18.9 Å². The first-order valence-electron chi connectivity index (χ1n) is 10.4. The Bertz CT molecular complexity index is 1150. The molecule has 0 heterocycles. The molecular formula is C25H22ClF3N2O3. The van der Waals surface area contributed by atoms with E-state index in [0.717, 1.165) is 11.6 Å². The largest absolute Gasteiger partial charge is 0.488 e. The van der Waals surface area contributed by atoms with Crippen molar-refractivity contribution in [2.45, 2.75) is 19.7 Å². The number of hydrogen-bond acceptors (Lipinski definition) is 3. The van der Waals surface area contributed by atoms with E-state index in [-0.39, 0.29) is 24.4 Å². The number of carbonyl (C=O) groups is 2. The Morgan fingerprint density at radius 2 is 1.62 bits per heavy atom. The molecule has 34 heavy (non-hydrogen) atoms. The van der Waals surface area contributed by atoms with Gasteiger partial charge in [-0.25, -0.2) is 0 Å². The number of amides is 2. The molecule has 0 aromatic heterocycles. The fraction of sp³-hybridized carbons (Fsp3) is 0.200. The monoisotopic (exact) mass is 490 g/mol. The van der Waals surface area contributed by atoms with Gasteiger partial charge in [0, 0.05) is 11.6 Å². The lowest BCUT2D eigenvalue weighted by Gasteiger charge is -2.22. The quantitative estimate of drug-likeness (QED) is 0.419. The molecule has 0 aliphatic carbocycles. The smallest absolute Gasteiger partial charge is 0.418 e. The number of ether oxygens (including phenoxy) is 1. The number of hydrogen-bond donors (Lipinski definition) is 1. The molecule has 3 aromatic carbocycles. The number of likely N-dealkylation sites (N-methyl/N-ethyl adjacent to an activating group) is 1. The van der Waals surface area contributed by atoms with E-state index in [2.05, 4.69) is 5.32 Å². The number of rotatable bonds is 8. The van der Waals surface area contributed by atoms with Crippen LogP contribution in [-0.4, -0.2) is 29.8 Å². The zero-order chi connectivity index (χ0) is 24.7. The van der Waals surface area contributed by atoms with E-state index in [0.29, 0.717) is 10.8 Å². The summed E-state index contributed by atoms with van der Waals surface area (Å²) < 4.78 is 45.4. The lowest BCUT2D eigenvalue weighted by Crippen LogP contribution is -2.38. The highest BCUT2D eigenvalue weighted by molar-refractivity contribution is 6.30. The van der Waals surface area contributed by atoms with Crippen molar-refractivity contribution < 1.29 is 27.5 Å². The Morgan fingerprint density at radius 3 is 2.29 bits per heavy atom. The third kappa shape index (κ3) is 6.51. The maximum atomic E-state index is 13.2. The summed E-state index contributed by atoms with van der Waals surface area (Å²) in [7, 11) is 0. The van der Waals surface area contributed by atoms with Gasteiger partial charge in [-0.05, 0) is 48.9 Å². The molecule has 9 heteroatoms. The van der Waals surface area contributed by atoms with Gasteiger partial charge in [-0.3, -0.25) is 9.59 Å². The third-order valence-electron chi connectivity index (χ3n) is 4.94. The first kappa shape index (κ1) is 25.1. The topological polar surface area (TPSA) is 58.6 Å². The highest BCUT2D eigenvalue weighted by atomic mass is 35.5. The van der Waals surface area contributed by atoms with Gasteiger partial charge < -0.3 is 15.0 Å². The zero-order valence-electron chi connectivity index (χ0n) is 18.2. The summed E-state index contributed by atoms with van der Waals surface area (Å²) in [6, 6.07) is 18.3. The Balaban J connectivity index is 1.71. The van der Waals surface area contributed by atoms with E-state index in [1.54, 1.807) is 55.5 Å². The number of nitrogens with zero attached hydrogens (tertiary/aromatic N) is 1. The molecule has 0 atom stereocenters. The Hall–Kier alpha value is -3.52. The van der Waals surface area contributed by atoms with Crippen molar-refractivity contribution in [1.29, 1.82) is 0 Å². The molecule has 0 saturated carbocycles. The van der Waals surface area contributed by atoms with Gasteiger partial charge in [0.15, 0.2) is 0 Å². The SMILES string of the molecule is CCN(CC(=O)Nc1ccccc1C(F)(F)F)C(=O)c1ccccc1OCc1ccc(Cl)cc1. The van der Waals surface area contributed by atoms with Crippen molar-refractivity contribution in [2.75, 3.05) is 18.4 Å². The maximum absolute atomic E-state index is 13.2. The fourth-order valence-electron chi connectivity index (χ4n) is 3.21. The van der Waals surface area contributed by atoms with E-state index < -0.39 is 30.1 Å². The second-order valence-corrected chi connectivity index (χ2v) is 7.76. The molecule has 178 valence electrons.